The maximum absolute atomic E-state index is 5.67. The van der Waals surface area contributed by atoms with Crippen LogP contribution in [0.2, 0.25) is 0 Å². The third-order valence-corrected chi connectivity index (χ3v) is 3.22. The smallest absolute Gasteiger partial charge is 0.266 e. The molecule has 1 atom stereocenters. The van der Waals surface area contributed by atoms with E-state index in [4.69, 9.17) is 4.42 Å². The van der Waals surface area contributed by atoms with Crippen LogP contribution in [-0.4, -0.2) is 25.0 Å². The molecule has 0 bridgehead atoms. The largest absolute Gasteiger partial charge is 0.419 e. The van der Waals surface area contributed by atoms with E-state index in [1.807, 2.05) is 36.0 Å². The van der Waals surface area contributed by atoms with Crippen LogP contribution in [0.5, 0.6) is 0 Å². The van der Waals surface area contributed by atoms with Gasteiger partial charge in [0.05, 0.1) is 23.1 Å². The van der Waals surface area contributed by atoms with Crippen molar-refractivity contribution in [2.75, 3.05) is 0 Å². The molecule has 6 nitrogen and oxygen atoms in total. The summed E-state index contributed by atoms with van der Waals surface area (Å²) in [5.41, 5.74) is 0.681. The van der Waals surface area contributed by atoms with Gasteiger partial charge in [0.1, 0.15) is 5.69 Å². The Morgan fingerprint density at radius 2 is 2.25 bits per heavy atom. The Balaban J connectivity index is 1.76. The minimum absolute atomic E-state index is 0.0757. The van der Waals surface area contributed by atoms with Crippen LogP contribution in [0.25, 0.3) is 11.6 Å². The predicted octanol–water partition coefficient (Wildman–Crippen LogP) is 2.89. The Morgan fingerprint density at radius 1 is 1.35 bits per heavy atom. The fraction of sp³-hybridized carbons (Fsp3) is 0.231. The Bertz CT molecular complexity index is 694. The van der Waals surface area contributed by atoms with E-state index in [9.17, 15) is 0 Å². The van der Waals surface area contributed by atoms with Gasteiger partial charge in [-0.2, -0.15) is 5.10 Å². The van der Waals surface area contributed by atoms with Crippen LogP contribution in [0.3, 0.4) is 0 Å². The summed E-state index contributed by atoms with van der Waals surface area (Å²) in [6.45, 7) is 2.70. The molecular weight excluding hydrogens is 322 g/mol. The fourth-order valence-electron chi connectivity index (χ4n) is 1.82. The van der Waals surface area contributed by atoms with Crippen molar-refractivity contribution in [3.05, 3.63) is 47.2 Å². The summed E-state index contributed by atoms with van der Waals surface area (Å²) >= 11 is 3.37. The summed E-state index contributed by atoms with van der Waals surface area (Å²) < 4.78 is 8.45. The highest BCUT2D eigenvalue weighted by molar-refractivity contribution is 9.10. The van der Waals surface area contributed by atoms with Gasteiger partial charge in [0.2, 0.25) is 5.89 Å². The van der Waals surface area contributed by atoms with Crippen LogP contribution in [0, 0.1) is 0 Å². The molecule has 0 amide bonds. The molecule has 0 aliphatic rings. The molecule has 0 radical (unpaired) electrons. The van der Waals surface area contributed by atoms with Crippen molar-refractivity contribution < 1.29 is 4.42 Å². The van der Waals surface area contributed by atoms with Crippen molar-refractivity contribution in [3.63, 3.8) is 0 Å². The van der Waals surface area contributed by atoms with Crippen molar-refractivity contribution in [1.29, 1.82) is 0 Å². The predicted molar refractivity (Wildman–Crippen MR) is 75.9 cm³/mol. The number of rotatable bonds is 4. The Morgan fingerprint density at radius 3 is 2.95 bits per heavy atom. The number of halogens is 1. The minimum atomic E-state index is 0.0757. The molecule has 0 spiro atoms. The first kappa shape index (κ1) is 13.0. The number of hydrogen-bond donors (Lipinski definition) is 0. The highest BCUT2D eigenvalue weighted by atomic mass is 79.9. The molecule has 3 rings (SSSR count). The van der Waals surface area contributed by atoms with Crippen LogP contribution in [0.15, 0.2) is 45.7 Å². The Kier molecular flexibility index (Phi) is 3.60. The molecule has 0 fully saturated rings. The lowest BCUT2D eigenvalue weighted by atomic mass is 10.2. The lowest BCUT2D eigenvalue weighted by Gasteiger charge is -2.06. The van der Waals surface area contributed by atoms with Gasteiger partial charge in [0.15, 0.2) is 0 Å². The quantitative estimate of drug-likeness (QED) is 0.734. The van der Waals surface area contributed by atoms with Gasteiger partial charge in [-0.25, -0.2) is 0 Å². The Hall–Kier alpha value is -2.02. The monoisotopic (exact) mass is 333 g/mol. The molecule has 0 aliphatic carbocycles. The SMILES string of the molecule is CC(Cn1cc(Br)cn1)c1nnc(-c2ccccn2)o1. The van der Waals surface area contributed by atoms with Crippen molar-refractivity contribution in [1.82, 2.24) is 25.0 Å². The molecule has 7 heteroatoms. The van der Waals surface area contributed by atoms with Crippen molar-refractivity contribution in [2.24, 2.45) is 0 Å². The van der Waals surface area contributed by atoms with Crippen molar-refractivity contribution >= 4 is 15.9 Å². The lowest BCUT2D eigenvalue weighted by Crippen LogP contribution is -2.06. The van der Waals surface area contributed by atoms with E-state index in [0.29, 0.717) is 24.0 Å². The van der Waals surface area contributed by atoms with Gasteiger partial charge in [-0.3, -0.25) is 9.67 Å². The number of hydrogen-bond acceptors (Lipinski definition) is 5. The van der Waals surface area contributed by atoms with Gasteiger partial charge in [-0.05, 0) is 28.1 Å². The van der Waals surface area contributed by atoms with Crippen molar-refractivity contribution in [3.8, 4) is 11.6 Å². The normalized spacial score (nSPS) is 12.5. The molecular formula is C13H12BrN5O. The summed E-state index contributed by atoms with van der Waals surface area (Å²) in [7, 11) is 0. The van der Waals surface area contributed by atoms with Gasteiger partial charge in [0.25, 0.3) is 5.89 Å². The summed E-state index contributed by atoms with van der Waals surface area (Å²) in [5, 5.41) is 12.3. The molecule has 0 saturated carbocycles. The molecule has 0 aliphatic heterocycles. The lowest BCUT2D eigenvalue weighted by molar-refractivity contribution is 0.423. The van der Waals surface area contributed by atoms with E-state index in [0.717, 1.165) is 4.47 Å². The third-order valence-electron chi connectivity index (χ3n) is 2.81. The van der Waals surface area contributed by atoms with E-state index in [2.05, 4.69) is 36.2 Å². The first-order chi connectivity index (χ1) is 9.72. The minimum Gasteiger partial charge on any atom is -0.419 e. The molecule has 3 heterocycles. The highest BCUT2D eigenvalue weighted by Gasteiger charge is 2.16. The average molecular weight is 334 g/mol. The van der Waals surface area contributed by atoms with E-state index >= 15 is 0 Å². The summed E-state index contributed by atoms with van der Waals surface area (Å²) in [6.07, 6.45) is 5.36. The molecule has 0 saturated heterocycles. The second-order valence-electron chi connectivity index (χ2n) is 4.44. The number of aromatic nitrogens is 5. The number of pyridine rings is 1. The standard InChI is InChI=1S/C13H12BrN5O/c1-9(7-19-8-10(14)6-16-19)12-17-18-13(20-12)11-4-2-3-5-15-11/h2-6,8-9H,7H2,1H3. The topological polar surface area (TPSA) is 69.6 Å². The van der Waals surface area contributed by atoms with Gasteiger partial charge in [0, 0.05) is 12.4 Å². The first-order valence-corrected chi connectivity index (χ1v) is 6.94. The number of nitrogens with zero attached hydrogens (tertiary/aromatic N) is 5. The van der Waals surface area contributed by atoms with E-state index in [1.54, 1.807) is 12.4 Å². The van der Waals surface area contributed by atoms with E-state index < -0.39 is 0 Å². The molecule has 1 unspecified atom stereocenters. The molecule has 20 heavy (non-hydrogen) atoms. The van der Waals surface area contributed by atoms with Gasteiger partial charge in [-0.1, -0.05) is 13.0 Å². The zero-order valence-electron chi connectivity index (χ0n) is 10.8. The van der Waals surface area contributed by atoms with Crippen LogP contribution in [0.4, 0.5) is 0 Å². The van der Waals surface area contributed by atoms with Crippen LogP contribution in [0.1, 0.15) is 18.7 Å². The van der Waals surface area contributed by atoms with Crippen molar-refractivity contribution in [2.45, 2.75) is 19.4 Å². The zero-order valence-corrected chi connectivity index (χ0v) is 12.4. The first-order valence-electron chi connectivity index (χ1n) is 6.15. The maximum Gasteiger partial charge on any atom is 0.266 e. The van der Waals surface area contributed by atoms with Gasteiger partial charge >= 0.3 is 0 Å². The van der Waals surface area contributed by atoms with Gasteiger partial charge < -0.3 is 4.42 Å². The second kappa shape index (κ2) is 5.54. The van der Waals surface area contributed by atoms with Crippen LogP contribution < -0.4 is 0 Å². The molecule has 0 aromatic carbocycles. The Labute approximate surface area is 124 Å². The molecule has 3 aromatic heterocycles. The van der Waals surface area contributed by atoms with E-state index in [-0.39, 0.29) is 5.92 Å². The van der Waals surface area contributed by atoms with Crippen LogP contribution >= 0.6 is 15.9 Å². The zero-order chi connectivity index (χ0) is 13.9. The van der Waals surface area contributed by atoms with E-state index in [1.165, 1.54) is 0 Å². The van der Waals surface area contributed by atoms with Gasteiger partial charge in [-0.15, -0.1) is 10.2 Å². The summed E-state index contributed by atoms with van der Waals surface area (Å²) in [6, 6.07) is 5.57. The fourth-order valence-corrected chi connectivity index (χ4v) is 2.15. The summed E-state index contributed by atoms with van der Waals surface area (Å²) in [5.74, 6) is 1.10. The maximum atomic E-state index is 5.67. The molecule has 3 aromatic rings. The second-order valence-corrected chi connectivity index (χ2v) is 5.36. The highest BCUT2D eigenvalue weighted by Crippen LogP contribution is 2.21. The average Bonchev–Trinajstić information content (AvgIpc) is 3.09. The van der Waals surface area contributed by atoms with Crippen LogP contribution in [-0.2, 0) is 6.54 Å². The summed E-state index contributed by atoms with van der Waals surface area (Å²) in [4.78, 5) is 4.19. The molecule has 102 valence electrons. The molecule has 0 N–H and O–H groups in total. The third kappa shape index (κ3) is 2.77.